The summed E-state index contributed by atoms with van der Waals surface area (Å²) in [6, 6.07) is 5.40. The van der Waals surface area contributed by atoms with Gasteiger partial charge in [0.1, 0.15) is 11.4 Å². The Morgan fingerprint density at radius 1 is 1.26 bits per heavy atom. The van der Waals surface area contributed by atoms with Gasteiger partial charge in [-0.05, 0) is 52.1 Å². The minimum atomic E-state index is -0.566. The molecule has 2 amide bonds. The highest BCUT2D eigenvalue weighted by Gasteiger charge is 2.42. The van der Waals surface area contributed by atoms with E-state index in [9.17, 15) is 9.59 Å². The van der Waals surface area contributed by atoms with Crippen molar-refractivity contribution in [3.8, 4) is 5.75 Å². The van der Waals surface area contributed by atoms with E-state index < -0.39 is 5.41 Å². The Balaban J connectivity index is 1.73. The fraction of sp³-hybridized carbons (Fsp3) is 0.500. The Kier molecular flexibility index (Phi) is 6.35. The number of fused-ring (bicyclic) bond motifs is 1. The number of likely N-dealkylation sites (N-methyl/N-ethyl adjacent to an activating group) is 1. The Labute approximate surface area is 200 Å². The quantitative estimate of drug-likeness (QED) is 0.689. The van der Waals surface area contributed by atoms with Gasteiger partial charge in [0.05, 0.1) is 24.4 Å². The Hall–Kier alpha value is -3.40. The molecule has 34 heavy (non-hydrogen) atoms. The molecule has 2 N–H and O–H groups in total. The molecule has 0 bridgehead atoms. The number of hydrogen-bond acceptors (Lipinski definition) is 8. The zero-order valence-electron chi connectivity index (χ0n) is 20.7. The topological polar surface area (TPSA) is 103 Å². The number of benzene rings is 1. The summed E-state index contributed by atoms with van der Waals surface area (Å²) in [5, 5.41) is 5.84. The highest BCUT2D eigenvalue weighted by Crippen LogP contribution is 2.39. The van der Waals surface area contributed by atoms with Crippen LogP contribution in [0.2, 0.25) is 0 Å². The van der Waals surface area contributed by atoms with Crippen LogP contribution in [0.25, 0.3) is 0 Å². The summed E-state index contributed by atoms with van der Waals surface area (Å²) in [5.41, 5.74) is 1.26. The Morgan fingerprint density at radius 3 is 2.68 bits per heavy atom. The van der Waals surface area contributed by atoms with Crippen LogP contribution in [0.1, 0.15) is 30.6 Å². The van der Waals surface area contributed by atoms with Crippen molar-refractivity contribution in [1.29, 1.82) is 0 Å². The van der Waals surface area contributed by atoms with Crippen molar-refractivity contribution >= 4 is 35.0 Å². The number of methoxy groups -OCH3 is 1. The second-order valence-corrected chi connectivity index (χ2v) is 9.60. The number of nitrogens with one attached hydrogen (secondary N) is 2. The predicted octanol–water partition coefficient (Wildman–Crippen LogP) is 2.10. The first-order valence-corrected chi connectivity index (χ1v) is 11.4. The number of anilines is 4. The lowest BCUT2D eigenvalue weighted by molar-refractivity contribution is -0.125. The van der Waals surface area contributed by atoms with Gasteiger partial charge < -0.3 is 30.1 Å². The largest absolute Gasteiger partial charge is 0.495 e. The van der Waals surface area contributed by atoms with Gasteiger partial charge in [0.25, 0.3) is 5.91 Å². The summed E-state index contributed by atoms with van der Waals surface area (Å²) in [7, 11) is 7.03. The van der Waals surface area contributed by atoms with E-state index in [0.29, 0.717) is 35.2 Å². The van der Waals surface area contributed by atoms with Crippen LogP contribution in [-0.2, 0) is 4.79 Å². The van der Waals surface area contributed by atoms with Crippen molar-refractivity contribution in [3.05, 3.63) is 30.0 Å². The van der Waals surface area contributed by atoms with Gasteiger partial charge in [-0.2, -0.15) is 4.98 Å². The standard InChI is InChI=1S/C24H33N7O3/c1-24(2)14-31(16-9-10-29(4)13-16)20-18(30(5)22(24)33)12-26-23(28-20)27-17-8-7-15(21(32)25-3)11-19(17)34-6/h7-8,11-12,16H,9-10,13-14H2,1-6H3,(H,25,32)(H,26,27,28)/t16-/m1/s1. The van der Waals surface area contributed by atoms with E-state index in [2.05, 4.69) is 32.5 Å². The molecule has 1 saturated heterocycles. The number of amides is 2. The van der Waals surface area contributed by atoms with Crippen molar-refractivity contribution in [2.24, 2.45) is 5.41 Å². The molecule has 2 aliphatic rings. The molecule has 1 atom stereocenters. The molecule has 0 aliphatic carbocycles. The fourth-order valence-corrected chi connectivity index (χ4v) is 4.68. The number of ether oxygens (including phenoxy) is 1. The van der Waals surface area contributed by atoms with E-state index in [-0.39, 0.29) is 17.9 Å². The van der Waals surface area contributed by atoms with Crippen molar-refractivity contribution in [2.75, 3.05) is 63.0 Å². The molecule has 10 nitrogen and oxygen atoms in total. The van der Waals surface area contributed by atoms with Gasteiger partial charge in [-0.15, -0.1) is 0 Å². The number of nitrogens with zero attached hydrogens (tertiary/aromatic N) is 5. The third kappa shape index (κ3) is 4.37. The SMILES string of the molecule is CNC(=O)c1ccc(Nc2ncc3c(n2)N([C@@H]2CCN(C)C2)CC(C)(C)C(=O)N3C)c(OC)c1. The molecule has 0 spiro atoms. The molecule has 2 aliphatic heterocycles. The first-order chi connectivity index (χ1) is 16.1. The van der Waals surface area contributed by atoms with Gasteiger partial charge in [0.2, 0.25) is 11.9 Å². The van der Waals surface area contributed by atoms with Gasteiger partial charge in [0.15, 0.2) is 5.82 Å². The molecule has 0 saturated carbocycles. The number of carbonyl (C=O) groups excluding carboxylic acids is 2. The number of aromatic nitrogens is 2. The lowest BCUT2D eigenvalue weighted by Crippen LogP contribution is -2.46. The van der Waals surface area contributed by atoms with Gasteiger partial charge in [-0.3, -0.25) is 9.59 Å². The van der Waals surface area contributed by atoms with Gasteiger partial charge in [0, 0.05) is 38.8 Å². The number of hydrogen-bond donors (Lipinski definition) is 2. The average molecular weight is 468 g/mol. The van der Waals surface area contributed by atoms with Gasteiger partial charge >= 0.3 is 0 Å². The second kappa shape index (κ2) is 9.09. The Morgan fingerprint density at radius 2 is 2.03 bits per heavy atom. The van der Waals surface area contributed by atoms with Gasteiger partial charge in [-0.1, -0.05) is 0 Å². The zero-order valence-corrected chi connectivity index (χ0v) is 20.7. The van der Waals surface area contributed by atoms with Crippen LogP contribution in [0, 0.1) is 5.41 Å². The van der Waals surface area contributed by atoms with E-state index in [0.717, 1.165) is 25.3 Å². The lowest BCUT2D eigenvalue weighted by Gasteiger charge is -2.34. The molecular formula is C24H33N7O3. The highest BCUT2D eigenvalue weighted by atomic mass is 16.5. The number of rotatable bonds is 5. The fourth-order valence-electron chi connectivity index (χ4n) is 4.68. The molecule has 1 aromatic carbocycles. The molecule has 2 aromatic rings. The molecule has 4 rings (SSSR count). The molecule has 182 valence electrons. The summed E-state index contributed by atoms with van der Waals surface area (Å²) in [6.45, 7) is 6.45. The molecular weight excluding hydrogens is 434 g/mol. The summed E-state index contributed by atoms with van der Waals surface area (Å²) < 4.78 is 5.49. The van der Waals surface area contributed by atoms with Crippen molar-refractivity contribution in [2.45, 2.75) is 26.3 Å². The molecule has 1 fully saturated rings. The molecule has 10 heteroatoms. The van der Waals surface area contributed by atoms with Crippen molar-refractivity contribution in [1.82, 2.24) is 20.2 Å². The van der Waals surface area contributed by atoms with E-state index in [1.54, 1.807) is 50.5 Å². The maximum absolute atomic E-state index is 13.2. The van der Waals surface area contributed by atoms with Crippen LogP contribution in [0.3, 0.4) is 0 Å². The predicted molar refractivity (Wildman–Crippen MR) is 132 cm³/mol. The zero-order chi connectivity index (χ0) is 24.6. The minimum Gasteiger partial charge on any atom is -0.495 e. The van der Waals surface area contributed by atoms with Crippen LogP contribution in [0.4, 0.5) is 23.1 Å². The smallest absolute Gasteiger partial charge is 0.251 e. The summed E-state index contributed by atoms with van der Waals surface area (Å²) >= 11 is 0. The van der Waals surface area contributed by atoms with Crippen LogP contribution in [0.5, 0.6) is 5.75 Å². The summed E-state index contributed by atoms with van der Waals surface area (Å²) in [4.78, 5) is 40.8. The average Bonchev–Trinajstić information content (AvgIpc) is 3.24. The first-order valence-electron chi connectivity index (χ1n) is 11.4. The summed E-state index contributed by atoms with van der Waals surface area (Å²) in [6.07, 6.45) is 2.70. The van der Waals surface area contributed by atoms with E-state index in [1.807, 2.05) is 13.8 Å². The van der Waals surface area contributed by atoms with Crippen molar-refractivity contribution < 1.29 is 14.3 Å². The van der Waals surface area contributed by atoms with Crippen LogP contribution >= 0.6 is 0 Å². The number of carbonyl (C=O) groups is 2. The van der Waals surface area contributed by atoms with Gasteiger partial charge in [-0.25, -0.2) is 4.98 Å². The lowest BCUT2D eigenvalue weighted by atomic mass is 9.91. The first kappa shape index (κ1) is 23.7. The molecule has 0 radical (unpaired) electrons. The van der Waals surface area contributed by atoms with Crippen LogP contribution in [0.15, 0.2) is 24.4 Å². The van der Waals surface area contributed by atoms with Crippen LogP contribution in [-0.4, -0.2) is 80.6 Å². The second-order valence-electron chi connectivity index (χ2n) is 9.60. The van der Waals surface area contributed by atoms with E-state index >= 15 is 0 Å². The van der Waals surface area contributed by atoms with E-state index in [4.69, 9.17) is 9.72 Å². The van der Waals surface area contributed by atoms with Crippen molar-refractivity contribution in [3.63, 3.8) is 0 Å². The third-order valence-electron chi connectivity index (χ3n) is 6.58. The summed E-state index contributed by atoms with van der Waals surface area (Å²) in [5.74, 6) is 1.47. The highest BCUT2D eigenvalue weighted by molar-refractivity contribution is 6.01. The van der Waals surface area contributed by atoms with E-state index in [1.165, 1.54) is 0 Å². The minimum absolute atomic E-state index is 0.0402. The molecule has 3 heterocycles. The molecule has 0 unspecified atom stereocenters. The van der Waals surface area contributed by atoms with Crippen LogP contribution < -0.4 is 25.2 Å². The number of likely N-dealkylation sites (tertiary alicyclic amines) is 1. The monoisotopic (exact) mass is 467 g/mol. The molecule has 1 aromatic heterocycles. The Bertz CT molecular complexity index is 1100. The normalized spacial score (nSPS) is 20.1. The maximum atomic E-state index is 13.2. The maximum Gasteiger partial charge on any atom is 0.251 e. The third-order valence-corrected chi connectivity index (χ3v) is 6.58.